The Morgan fingerprint density at radius 3 is 2.76 bits per heavy atom. The second-order valence-corrected chi connectivity index (χ2v) is 8.42. The van der Waals surface area contributed by atoms with Crippen molar-refractivity contribution >= 4 is 11.6 Å². The molecule has 1 saturated heterocycles. The van der Waals surface area contributed by atoms with Crippen LogP contribution < -0.4 is 19.7 Å². The highest BCUT2D eigenvalue weighted by molar-refractivity contribution is 5.91. The van der Waals surface area contributed by atoms with Gasteiger partial charge in [-0.15, -0.1) is 0 Å². The van der Waals surface area contributed by atoms with E-state index in [1.54, 1.807) is 0 Å². The number of anilines is 1. The SMILES string of the molecule is O=C(C[NH+]1CCC[C@@H]1c1ccc2c(c1)OCCCO2)Nc1ccc2c(c1)CCC2. The monoisotopic (exact) mass is 393 g/mol. The van der Waals surface area contributed by atoms with Gasteiger partial charge in [0.2, 0.25) is 0 Å². The molecule has 1 aliphatic carbocycles. The van der Waals surface area contributed by atoms with Crippen LogP contribution in [0, 0.1) is 0 Å². The molecule has 1 fully saturated rings. The summed E-state index contributed by atoms with van der Waals surface area (Å²) in [4.78, 5) is 14.1. The highest BCUT2D eigenvalue weighted by Crippen LogP contribution is 2.33. The lowest BCUT2D eigenvalue weighted by molar-refractivity contribution is -0.910. The molecule has 0 saturated carbocycles. The largest absolute Gasteiger partial charge is 0.490 e. The van der Waals surface area contributed by atoms with Crippen LogP contribution in [0.4, 0.5) is 5.69 Å². The number of hydrogen-bond donors (Lipinski definition) is 2. The summed E-state index contributed by atoms with van der Waals surface area (Å²) in [6.07, 6.45) is 6.67. The van der Waals surface area contributed by atoms with Crippen molar-refractivity contribution < 1.29 is 19.2 Å². The van der Waals surface area contributed by atoms with E-state index in [4.69, 9.17) is 9.47 Å². The number of aryl methyl sites for hydroxylation is 2. The first kappa shape index (κ1) is 18.5. The van der Waals surface area contributed by atoms with Gasteiger partial charge in [-0.05, 0) is 60.7 Å². The number of benzene rings is 2. The van der Waals surface area contributed by atoms with E-state index < -0.39 is 0 Å². The van der Waals surface area contributed by atoms with Gasteiger partial charge in [-0.25, -0.2) is 0 Å². The molecule has 5 nitrogen and oxygen atoms in total. The highest BCUT2D eigenvalue weighted by Gasteiger charge is 2.32. The Labute approximate surface area is 172 Å². The van der Waals surface area contributed by atoms with Gasteiger partial charge in [0.1, 0.15) is 6.04 Å². The molecule has 0 radical (unpaired) electrons. The van der Waals surface area contributed by atoms with Crippen molar-refractivity contribution in [2.75, 3.05) is 31.6 Å². The summed E-state index contributed by atoms with van der Waals surface area (Å²) in [6, 6.07) is 13.0. The molecule has 2 atom stereocenters. The van der Waals surface area contributed by atoms with Gasteiger partial charge < -0.3 is 19.7 Å². The van der Waals surface area contributed by atoms with Crippen molar-refractivity contribution in [2.24, 2.45) is 0 Å². The maximum Gasteiger partial charge on any atom is 0.279 e. The molecule has 1 unspecified atom stereocenters. The Balaban J connectivity index is 1.26. The zero-order chi connectivity index (χ0) is 19.6. The number of likely N-dealkylation sites (tertiary alicyclic amines) is 1. The number of amides is 1. The third-order valence-electron chi connectivity index (χ3n) is 6.43. The van der Waals surface area contributed by atoms with E-state index >= 15 is 0 Å². The lowest BCUT2D eigenvalue weighted by atomic mass is 10.0. The van der Waals surface area contributed by atoms with Crippen molar-refractivity contribution in [3.63, 3.8) is 0 Å². The molecule has 1 amide bonds. The van der Waals surface area contributed by atoms with E-state index in [-0.39, 0.29) is 5.91 Å². The minimum atomic E-state index is 0.0965. The number of hydrogen-bond acceptors (Lipinski definition) is 3. The average molecular weight is 394 g/mol. The molecule has 0 spiro atoms. The predicted molar refractivity (Wildman–Crippen MR) is 112 cm³/mol. The summed E-state index contributed by atoms with van der Waals surface area (Å²) in [7, 11) is 0. The Kier molecular flexibility index (Phi) is 5.15. The van der Waals surface area contributed by atoms with E-state index in [2.05, 4.69) is 29.6 Å². The molecule has 2 aliphatic heterocycles. The maximum atomic E-state index is 12.7. The molecule has 5 heteroatoms. The van der Waals surface area contributed by atoms with Crippen molar-refractivity contribution in [1.29, 1.82) is 0 Å². The third-order valence-corrected chi connectivity index (χ3v) is 6.43. The average Bonchev–Trinajstić information content (AvgIpc) is 3.31. The zero-order valence-corrected chi connectivity index (χ0v) is 16.8. The van der Waals surface area contributed by atoms with E-state index in [1.807, 2.05) is 12.1 Å². The van der Waals surface area contributed by atoms with Gasteiger partial charge in [-0.2, -0.15) is 0 Å². The van der Waals surface area contributed by atoms with Gasteiger partial charge in [-0.3, -0.25) is 4.79 Å². The molecule has 2 aromatic carbocycles. The Morgan fingerprint density at radius 2 is 1.83 bits per heavy atom. The maximum absolute atomic E-state index is 12.7. The summed E-state index contributed by atoms with van der Waals surface area (Å²) in [6.45, 7) is 2.92. The van der Waals surface area contributed by atoms with Gasteiger partial charge in [0, 0.05) is 30.5 Å². The molecular formula is C24H29N2O3+. The lowest BCUT2D eigenvalue weighted by Gasteiger charge is -2.22. The van der Waals surface area contributed by atoms with Gasteiger partial charge >= 0.3 is 0 Å². The van der Waals surface area contributed by atoms with Crippen LogP contribution in [0.25, 0.3) is 0 Å². The Hall–Kier alpha value is -2.53. The first-order valence-electron chi connectivity index (χ1n) is 10.9. The van der Waals surface area contributed by atoms with Crippen LogP contribution in [0.1, 0.15) is 48.4 Å². The summed E-state index contributed by atoms with van der Waals surface area (Å²) in [5.41, 5.74) is 5.00. The third kappa shape index (κ3) is 3.97. The minimum Gasteiger partial charge on any atom is -0.490 e. The molecule has 0 aromatic heterocycles. The number of carbonyl (C=O) groups is 1. The minimum absolute atomic E-state index is 0.0965. The molecule has 2 N–H and O–H groups in total. The molecule has 5 rings (SSSR count). The van der Waals surface area contributed by atoms with Crippen LogP contribution in [0.2, 0.25) is 0 Å². The van der Waals surface area contributed by atoms with Gasteiger partial charge in [-0.1, -0.05) is 6.07 Å². The van der Waals surface area contributed by atoms with Crippen molar-refractivity contribution in [3.8, 4) is 11.5 Å². The summed E-state index contributed by atoms with van der Waals surface area (Å²) >= 11 is 0. The second kappa shape index (κ2) is 8.07. The first-order chi connectivity index (χ1) is 14.3. The topological polar surface area (TPSA) is 52.0 Å². The molecular weight excluding hydrogens is 364 g/mol. The number of ether oxygens (including phenoxy) is 2. The molecule has 2 aromatic rings. The van der Waals surface area contributed by atoms with Gasteiger partial charge in [0.25, 0.3) is 5.91 Å². The van der Waals surface area contributed by atoms with Crippen molar-refractivity contribution in [1.82, 2.24) is 0 Å². The molecule has 0 bridgehead atoms. The number of fused-ring (bicyclic) bond motifs is 2. The van der Waals surface area contributed by atoms with Crippen molar-refractivity contribution in [2.45, 2.75) is 44.6 Å². The summed E-state index contributed by atoms with van der Waals surface area (Å²) in [5, 5.41) is 3.12. The fraction of sp³-hybridized carbons (Fsp3) is 0.458. The van der Waals surface area contributed by atoms with Gasteiger partial charge in [0.15, 0.2) is 18.0 Å². The highest BCUT2D eigenvalue weighted by atomic mass is 16.5. The van der Waals surface area contributed by atoms with Crippen LogP contribution >= 0.6 is 0 Å². The normalized spacial score (nSPS) is 22.8. The van der Waals surface area contributed by atoms with Crippen molar-refractivity contribution in [3.05, 3.63) is 53.1 Å². The molecule has 3 aliphatic rings. The quantitative estimate of drug-likeness (QED) is 0.840. The van der Waals surface area contributed by atoms with E-state index in [1.165, 1.54) is 34.4 Å². The Bertz CT molecular complexity index is 911. The van der Waals surface area contributed by atoms with Gasteiger partial charge in [0.05, 0.1) is 19.8 Å². The van der Waals surface area contributed by atoms with Crippen LogP contribution in [0.15, 0.2) is 36.4 Å². The van der Waals surface area contributed by atoms with E-state index in [0.717, 1.165) is 49.4 Å². The van der Waals surface area contributed by atoms with E-state index in [9.17, 15) is 4.79 Å². The molecule has 2 heterocycles. The first-order valence-corrected chi connectivity index (χ1v) is 10.9. The number of carbonyl (C=O) groups excluding carboxylic acids is 1. The fourth-order valence-electron chi connectivity index (χ4n) is 4.98. The molecule has 152 valence electrons. The smallest absolute Gasteiger partial charge is 0.279 e. The van der Waals surface area contributed by atoms with Crippen LogP contribution in [-0.2, 0) is 17.6 Å². The summed E-state index contributed by atoms with van der Waals surface area (Å²) < 4.78 is 11.6. The molecule has 29 heavy (non-hydrogen) atoms. The second-order valence-electron chi connectivity index (χ2n) is 8.42. The zero-order valence-electron chi connectivity index (χ0n) is 16.8. The summed E-state index contributed by atoms with van der Waals surface area (Å²) in [5.74, 6) is 1.77. The number of quaternary nitrogens is 1. The fourth-order valence-corrected chi connectivity index (χ4v) is 4.98. The standard InChI is InChI=1S/C24H28N2O3/c27-24(25-20-9-7-17-4-1-5-18(17)14-20)16-26-11-2-6-21(26)19-8-10-22-23(15-19)29-13-3-12-28-22/h7-10,14-15,21H,1-6,11-13,16H2,(H,25,27)/p+1/t21-/m1/s1. The lowest BCUT2D eigenvalue weighted by Crippen LogP contribution is -3.11. The van der Waals surface area contributed by atoms with E-state index in [0.29, 0.717) is 25.8 Å². The van der Waals surface area contributed by atoms with Crippen LogP contribution in [0.3, 0.4) is 0 Å². The Morgan fingerprint density at radius 1 is 0.966 bits per heavy atom. The predicted octanol–water partition coefficient (Wildman–Crippen LogP) is 2.70. The van der Waals surface area contributed by atoms with Crippen LogP contribution in [0.5, 0.6) is 11.5 Å². The van der Waals surface area contributed by atoms with Crippen LogP contribution in [-0.4, -0.2) is 32.2 Å². The number of rotatable bonds is 4. The number of nitrogens with one attached hydrogen (secondary N) is 2.